The van der Waals surface area contributed by atoms with Gasteiger partial charge in [-0.05, 0) is 30.3 Å². The minimum atomic E-state index is -0.559. The Labute approximate surface area is 171 Å². The van der Waals surface area contributed by atoms with Crippen molar-refractivity contribution >= 4 is 35.0 Å². The van der Waals surface area contributed by atoms with Gasteiger partial charge in [0, 0.05) is 44.8 Å². The molecule has 4 rings (SSSR count). The summed E-state index contributed by atoms with van der Waals surface area (Å²) in [5, 5.41) is -0.0672. The highest BCUT2D eigenvalue weighted by atomic mass is 35.5. The van der Waals surface area contributed by atoms with Crippen molar-refractivity contribution in [3.8, 4) is 0 Å². The largest absolute Gasteiger partial charge is 0.459 e. The summed E-state index contributed by atoms with van der Waals surface area (Å²) in [6, 6.07) is 7.34. The number of amides is 3. The third kappa shape index (κ3) is 3.85. The zero-order chi connectivity index (χ0) is 20.5. The third-order valence-corrected chi connectivity index (χ3v) is 5.59. The van der Waals surface area contributed by atoms with Gasteiger partial charge >= 0.3 is 0 Å². The fraction of sp³-hybridized carbons (Fsp3) is 0.350. The van der Waals surface area contributed by atoms with Crippen LogP contribution in [0.5, 0.6) is 0 Å². The molecule has 9 heteroatoms. The minimum Gasteiger partial charge on any atom is -0.459 e. The zero-order valence-electron chi connectivity index (χ0n) is 15.5. The summed E-state index contributed by atoms with van der Waals surface area (Å²) in [5.74, 6) is -1.26. The number of nitrogens with zero attached hydrogens (tertiary/aromatic N) is 3. The number of rotatable bonds is 3. The van der Waals surface area contributed by atoms with Crippen LogP contribution in [-0.2, 0) is 9.59 Å². The molecule has 1 aromatic carbocycles. The fourth-order valence-corrected chi connectivity index (χ4v) is 3.89. The molecule has 1 atom stereocenters. The molecule has 0 saturated carbocycles. The number of carbonyl (C=O) groups excluding carboxylic acids is 3. The molecular weight excluding hydrogens is 401 g/mol. The number of halogens is 2. The number of hydrogen-bond donors (Lipinski definition) is 0. The molecule has 1 aromatic heterocycles. The highest BCUT2D eigenvalue weighted by Gasteiger charge is 2.38. The van der Waals surface area contributed by atoms with Crippen molar-refractivity contribution in [2.24, 2.45) is 5.92 Å². The Morgan fingerprint density at radius 1 is 1.10 bits per heavy atom. The first-order valence-electron chi connectivity index (χ1n) is 9.31. The second-order valence-corrected chi connectivity index (χ2v) is 7.51. The summed E-state index contributed by atoms with van der Waals surface area (Å²) in [6.45, 7) is 1.84. The molecule has 29 heavy (non-hydrogen) atoms. The number of hydrogen-bond acceptors (Lipinski definition) is 4. The molecule has 0 bridgehead atoms. The SMILES string of the molecule is O=C(c1ccco1)N1CCN(C(=O)C2CC(=O)N(c3ccc(F)c(Cl)c3)C2)CC1. The first-order chi connectivity index (χ1) is 13.9. The van der Waals surface area contributed by atoms with Gasteiger partial charge in [-0.3, -0.25) is 14.4 Å². The van der Waals surface area contributed by atoms with Crippen LogP contribution in [0.4, 0.5) is 10.1 Å². The quantitative estimate of drug-likeness (QED) is 0.765. The van der Waals surface area contributed by atoms with Crippen LogP contribution in [0.25, 0.3) is 0 Å². The van der Waals surface area contributed by atoms with E-state index < -0.39 is 11.7 Å². The van der Waals surface area contributed by atoms with Gasteiger partial charge < -0.3 is 19.1 Å². The first-order valence-corrected chi connectivity index (χ1v) is 9.69. The number of piperazine rings is 1. The molecular formula is C20H19ClFN3O4. The highest BCUT2D eigenvalue weighted by Crippen LogP contribution is 2.29. The van der Waals surface area contributed by atoms with Gasteiger partial charge in [0.05, 0.1) is 17.2 Å². The summed E-state index contributed by atoms with van der Waals surface area (Å²) in [6.07, 6.45) is 1.55. The van der Waals surface area contributed by atoms with E-state index in [4.69, 9.17) is 16.0 Å². The molecule has 152 valence electrons. The number of carbonyl (C=O) groups is 3. The molecule has 0 aliphatic carbocycles. The van der Waals surface area contributed by atoms with Crippen LogP contribution in [0, 0.1) is 11.7 Å². The molecule has 2 fully saturated rings. The molecule has 0 N–H and O–H groups in total. The Morgan fingerprint density at radius 3 is 2.48 bits per heavy atom. The van der Waals surface area contributed by atoms with Gasteiger partial charge in [-0.2, -0.15) is 0 Å². The summed E-state index contributed by atoms with van der Waals surface area (Å²) in [7, 11) is 0. The standard InChI is InChI=1S/C20H19ClFN3O4/c21-15-11-14(3-4-16(15)22)25-12-13(10-18(25)26)19(27)23-5-7-24(8-6-23)20(28)17-2-1-9-29-17/h1-4,9,11,13H,5-8,10,12H2. The van der Waals surface area contributed by atoms with E-state index in [1.54, 1.807) is 21.9 Å². The van der Waals surface area contributed by atoms with Crippen LogP contribution < -0.4 is 4.90 Å². The van der Waals surface area contributed by atoms with E-state index in [0.29, 0.717) is 31.9 Å². The smallest absolute Gasteiger partial charge is 0.289 e. The van der Waals surface area contributed by atoms with Gasteiger partial charge in [0.1, 0.15) is 5.82 Å². The summed E-state index contributed by atoms with van der Waals surface area (Å²) in [5.41, 5.74) is 0.477. The normalized spacial score (nSPS) is 19.7. The monoisotopic (exact) mass is 419 g/mol. The molecule has 1 unspecified atom stereocenters. The van der Waals surface area contributed by atoms with Gasteiger partial charge in [-0.25, -0.2) is 4.39 Å². The lowest BCUT2D eigenvalue weighted by atomic mass is 10.1. The van der Waals surface area contributed by atoms with E-state index in [9.17, 15) is 18.8 Å². The van der Waals surface area contributed by atoms with Gasteiger partial charge in [0.25, 0.3) is 5.91 Å². The zero-order valence-corrected chi connectivity index (χ0v) is 16.3. The average Bonchev–Trinajstić information content (AvgIpc) is 3.39. The molecule has 7 nitrogen and oxygen atoms in total. The second kappa shape index (κ2) is 7.87. The molecule has 2 saturated heterocycles. The van der Waals surface area contributed by atoms with Crippen LogP contribution >= 0.6 is 11.6 Å². The van der Waals surface area contributed by atoms with Gasteiger partial charge in [-0.1, -0.05) is 11.6 Å². The number of anilines is 1. The first kappa shape index (κ1) is 19.4. The van der Waals surface area contributed by atoms with Crippen molar-refractivity contribution in [3.63, 3.8) is 0 Å². The van der Waals surface area contributed by atoms with Crippen molar-refractivity contribution in [2.75, 3.05) is 37.6 Å². The Balaban J connectivity index is 1.36. The van der Waals surface area contributed by atoms with Crippen molar-refractivity contribution in [3.05, 3.63) is 53.2 Å². The van der Waals surface area contributed by atoms with Crippen LogP contribution in [-0.4, -0.2) is 60.2 Å². The lowest BCUT2D eigenvalue weighted by Crippen LogP contribution is -2.52. The molecule has 0 spiro atoms. The Morgan fingerprint density at radius 2 is 1.83 bits per heavy atom. The van der Waals surface area contributed by atoms with Crippen LogP contribution in [0.1, 0.15) is 17.0 Å². The minimum absolute atomic E-state index is 0.0672. The van der Waals surface area contributed by atoms with E-state index in [1.807, 2.05) is 0 Å². The van der Waals surface area contributed by atoms with Crippen LogP contribution in [0.15, 0.2) is 41.0 Å². The Bertz CT molecular complexity index is 941. The molecule has 0 radical (unpaired) electrons. The Hall–Kier alpha value is -2.87. The number of furan rings is 1. The predicted molar refractivity (Wildman–Crippen MR) is 103 cm³/mol. The maximum atomic E-state index is 13.4. The Kier molecular flexibility index (Phi) is 5.27. The van der Waals surface area contributed by atoms with Crippen molar-refractivity contribution in [1.29, 1.82) is 0 Å². The van der Waals surface area contributed by atoms with E-state index in [0.717, 1.165) is 0 Å². The lowest BCUT2D eigenvalue weighted by molar-refractivity contribution is -0.137. The van der Waals surface area contributed by atoms with Gasteiger partial charge in [0.15, 0.2) is 5.76 Å². The van der Waals surface area contributed by atoms with E-state index >= 15 is 0 Å². The van der Waals surface area contributed by atoms with Gasteiger partial charge in [-0.15, -0.1) is 0 Å². The summed E-state index contributed by atoms with van der Waals surface area (Å²) < 4.78 is 18.5. The summed E-state index contributed by atoms with van der Waals surface area (Å²) in [4.78, 5) is 42.4. The maximum Gasteiger partial charge on any atom is 0.289 e. The van der Waals surface area contributed by atoms with Crippen molar-refractivity contribution in [2.45, 2.75) is 6.42 Å². The van der Waals surface area contributed by atoms with Crippen LogP contribution in [0.3, 0.4) is 0 Å². The molecule has 3 amide bonds. The number of benzene rings is 1. The van der Waals surface area contributed by atoms with Gasteiger partial charge in [0.2, 0.25) is 11.8 Å². The van der Waals surface area contributed by atoms with Crippen molar-refractivity contribution < 1.29 is 23.2 Å². The molecule has 3 heterocycles. The topological polar surface area (TPSA) is 74.1 Å². The van der Waals surface area contributed by atoms with E-state index in [1.165, 1.54) is 29.4 Å². The van der Waals surface area contributed by atoms with E-state index in [2.05, 4.69) is 0 Å². The second-order valence-electron chi connectivity index (χ2n) is 7.10. The molecule has 2 aromatic rings. The highest BCUT2D eigenvalue weighted by molar-refractivity contribution is 6.31. The average molecular weight is 420 g/mol. The summed E-state index contributed by atoms with van der Waals surface area (Å²) >= 11 is 5.81. The molecule has 2 aliphatic heterocycles. The van der Waals surface area contributed by atoms with Crippen LogP contribution in [0.2, 0.25) is 5.02 Å². The lowest BCUT2D eigenvalue weighted by Gasteiger charge is -2.35. The predicted octanol–water partition coefficient (Wildman–Crippen LogP) is 2.41. The molecule has 2 aliphatic rings. The fourth-order valence-electron chi connectivity index (χ4n) is 3.72. The van der Waals surface area contributed by atoms with E-state index in [-0.39, 0.29) is 41.5 Å². The van der Waals surface area contributed by atoms with Crippen molar-refractivity contribution in [1.82, 2.24) is 9.80 Å². The maximum absolute atomic E-state index is 13.4. The third-order valence-electron chi connectivity index (χ3n) is 5.30.